The highest BCUT2D eigenvalue weighted by molar-refractivity contribution is 6.26. The number of nitrogens with zero attached hydrogens (tertiary/aromatic N) is 2. The molecule has 0 saturated carbocycles. The Labute approximate surface area is 190 Å². The summed E-state index contributed by atoms with van der Waals surface area (Å²) in [6.45, 7) is 7.24. The molecule has 0 bridgehead atoms. The van der Waals surface area contributed by atoms with Crippen molar-refractivity contribution in [1.29, 1.82) is 0 Å². The second-order valence-corrected chi connectivity index (χ2v) is 8.80. The van der Waals surface area contributed by atoms with Crippen LogP contribution in [0.3, 0.4) is 0 Å². The van der Waals surface area contributed by atoms with Crippen LogP contribution in [0, 0.1) is 0 Å². The van der Waals surface area contributed by atoms with Crippen LogP contribution in [0.4, 0.5) is 5.69 Å². The summed E-state index contributed by atoms with van der Waals surface area (Å²) in [5, 5.41) is 0.116. The molecule has 1 atom stereocenters. The minimum absolute atomic E-state index is 0.116. The highest BCUT2D eigenvalue weighted by Gasteiger charge is 2.25. The Morgan fingerprint density at radius 1 is 1.03 bits per heavy atom. The quantitative estimate of drug-likeness (QED) is 0.456. The number of benzene rings is 2. The molecule has 1 fully saturated rings. The van der Waals surface area contributed by atoms with E-state index in [4.69, 9.17) is 16.3 Å². The molecule has 2 aromatic carbocycles. The van der Waals surface area contributed by atoms with Gasteiger partial charge < -0.3 is 9.64 Å². The van der Waals surface area contributed by atoms with Crippen molar-refractivity contribution in [3.05, 3.63) is 71.3 Å². The fraction of sp³-hybridized carbons (Fsp3) is 0.423. The summed E-state index contributed by atoms with van der Waals surface area (Å²) in [7, 11) is 0. The largest absolute Gasteiger partial charge is 0.462 e. The fourth-order valence-corrected chi connectivity index (χ4v) is 5.05. The number of piperazine rings is 1. The summed E-state index contributed by atoms with van der Waals surface area (Å²) in [4.78, 5) is 16.8. The maximum atomic E-state index is 11.9. The summed E-state index contributed by atoms with van der Waals surface area (Å²) < 4.78 is 5.07. The van der Waals surface area contributed by atoms with E-state index >= 15 is 0 Å². The number of hydrogen-bond donors (Lipinski definition) is 0. The Morgan fingerprint density at radius 2 is 1.74 bits per heavy atom. The van der Waals surface area contributed by atoms with E-state index in [-0.39, 0.29) is 11.3 Å². The Hall–Kier alpha value is -2.30. The molecule has 31 heavy (non-hydrogen) atoms. The molecule has 1 saturated heterocycles. The second kappa shape index (κ2) is 10.3. The minimum atomic E-state index is -0.258. The van der Waals surface area contributed by atoms with E-state index in [0.717, 1.165) is 51.3 Å². The van der Waals surface area contributed by atoms with Crippen LogP contribution in [-0.4, -0.2) is 55.6 Å². The molecule has 2 aliphatic rings. The first-order chi connectivity index (χ1) is 15.2. The van der Waals surface area contributed by atoms with Gasteiger partial charge in [-0.3, -0.25) is 4.90 Å². The van der Waals surface area contributed by atoms with Crippen LogP contribution in [-0.2, 0) is 4.74 Å². The van der Waals surface area contributed by atoms with Gasteiger partial charge in [0, 0.05) is 38.4 Å². The van der Waals surface area contributed by atoms with Gasteiger partial charge in [-0.05, 0) is 61.6 Å². The third-order valence-corrected chi connectivity index (χ3v) is 6.68. The molecule has 0 aromatic heterocycles. The number of allylic oxidation sites excluding steroid dienone is 1. The third-order valence-electron chi connectivity index (χ3n) is 6.25. The number of ether oxygens (including phenoxy) is 1. The lowest BCUT2D eigenvalue weighted by Crippen LogP contribution is -2.47. The predicted molar refractivity (Wildman–Crippen MR) is 128 cm³/mol. The molecule has 1 heterocycles. The molecular weight excluding hydrogens is 408 g/mol. The van der Waals surface area contributed by atoms with E-state index in [1.54, 1.807) is 0 Å². The normalized spacial score (nSPS) is 20.1. The number of carbonyl (C=O) groups excluding carboxylic acids is 1. The molecule has 4 nitrogen and oxygen atoms in total. The van der Waals surface area contributed by atoms with Crippen molar-refractivity contribution in [3.63, 3.8) is 0 Å². The number of hydrogen-bond acceptors (Lipinski definition) is 4. The summed E-state index contributed by atoms with van der Waals surface area (Å²) in [5.41, 5.74) is 5.90. The molecule has 5 heteroatoms. The number of alkyl halides is 1. The van der Waals surface area contributed by atoms with Crippen LogP contribution in [0.25, 0.3) is 5.57 Å². The summed E-state index contributed by atoms with van der Waals surface area (Å²) in [5.74, 6) is -0.258. The van der Waals surface area contributed by atoms with E-state index in [0.29, 0.717) is 12.2 Å². The molecule has 4 rings (SSSR count). The van der Waals surface area contributed by atoms with E-state index < -0.39 is 0 Å². The second-order valence-electron chi connectivity index (χ2n) is 8.27. The molecule has 0 spiro atoms. The smallest absolute Gasteiger partial charge is 0.338 e. The molecule has 0 radical (unpaired) electrons. The van der Waals surface area contributed by atoms with Gasteiger partial charge in [0.1, 0.15) is 0 Å². The Balaban J connectivity index is 1.39. The van der Waals surface area contributed by atoms with Crippen LogP contribution in [0.1, 0.15) is 42.1 Å². The van der Waals surface area contributed by atoms with Gasteiger partial charge in [-0.25, -0.2) is 4.79 Å². The summed E-state index contributed by atoms with van der Waals surface area (Å²) in [6, 6.07) is 18.4. The third kappa shape index (κ3) is 5.31. The lowest BCUT2D eigenvalue weighted by Gasteiger charge is -2.37. The molecule has 0 amide bonds. The van der Waals surface area contributed by atoms with Crippen molar-refractivity contribution in [2.75, 3.05) is 44.2 Å². The number of esters is 1. The van der Waals surface area contributed by atoms with Gasteiger partial charge in [0.2, 0.25) is 0 Å². The maximum Gasteiger partial charge on any atom is 0.338 e. The van der Waals surface area contributed by atoms with Crippen LogP contribution in [0.2, 0.25) is 0 Å². The van der Waals surface area contributed by atoms with Gasteiger partial charge in [-0.15, -0.1) is 11.6 Å². The molecular formula is C26H31ClN2O2. The highest BCUT2D eigenvalue weighted by Crippen LogP contribution is 2.36. The first kappa shape index (κ1) is 21.9. The number of rotatable bonds is 6. The van der Waals surface area contributed by atoms with Gasteiger partial charge in [0.05, 0.1) is 17.5 Å². The van der Waals surface area contributed by atoms with E-state index in [1.165, 1.54) is 23.1 Å². The average molecular weight is 439 g/mol. The van der Waals surface area contributed by atoms with Crippen molar-refractivity contribution in [3.8, 4) is 0 Å². The van der Waals surface area contributed by atoms with E-state index in [2.05, 4.69) is 40.1 Å². The van der Waals surface area contributed by atoms with Crippen molar-refractivity contribution in [2.45, 2.75) is 31.6 Å². The Kier molecular flexibility index (Phi) is 7.31. The van der Waals surface area contributed by atoms with Gasteiger partial charge in [0.15, 0.2) is 0 Å². The van der Waals surface area contributed by atoms with E-state index in [1.807, 2.05) is 31.2 Å². The summed E-state index contributed by atoms with van der Waals surface area (Å²) in [6.07, 6.45) is 3.38. The van der Waals surface area contributed by atoms with Crippen molar-refractivity contribution >= 4 is 28.8 Å². The molecule has 2 aromatic rings. The first-order valence-corrected chi connectivity index (χ1v) is 11.7. The van der Waals surface area contributed by atoms with Gasteiger partial charge >= 0.3 is 5.97 Å². The standard InChI is InChI=1S/C26H31ClN2O2/c1-2-31-26(30)21-11-13-23(14-12-21)29-17-15-28(16-18-29)19-22-9-6-10-24(27)25(22)20-7-4-3-5-8-20/h3-5,7-8,11-14,24H,2,6,9-10,15-19H2,1H3. The van der Waals surface area contributed by atoms with Crippen molar-refractivity contribution < 1.29 is 9.53 Å². The zero-order chi connectivity index (χ0) is 21.6. The van der Waals surface area contributed by atoms with Crippen LogP contribution >= 0.6 is 11.6 Å². The van der Waals surface area contributed by atoms with Gasteiger partial charge in [-0.1, -0.05) is 35.9 Å². The predicted octanol–water partition coefficient (Wildman–Crippen LogP) is 5.23. The van der Waals surface area contributed by atoms with E-state index in [9.17, 15) is 4.79 Å². The Bertz CT molecular complexity index is 903. The average Bonchev–Trinajstić information content (AvgIpc) is 2.81. The first-order valence-electron chi connectivity index (χ1n) is 11.3. The van der Waals surface area contributed by atoms with Gasteiger partial charge in [-0.2, -0.15) is 0 Å². The monoisotopic (exact) mass is 438 g/mol. The van der Waals surface area contributed by atoms with Gasteiger partial charge in [0.25, 0.3) is 0 Å². The zero-order valence-corrected chi connectivity index (χ0v) is 19.0. The molecule has 1 aliphatic carbocycles. The topological polar surface area (TPSA) is 32.8 Å². The minimum Gasteiger partial charge on any atom is -0.462 e. The maximum absolute atomic E-state index is 11.9. The fourth-order valence-electron chi connectivity index (χ4n) is 4.62. The zero-order valence-electron chi connectivity index (χ0n) is 18.2. The SMILES string of the molecule is CCOC(=O)c1ccc(N2CCN(CC3=C(c4ccccc4)C(Cl)CCC3)CC2)cc1. The van der Waals surface area contributed by atoms with Crippen molar-refractivity contribution in [2.24, 2.45) is 0 Å². The van der Waals surface area contributed by atoms with Crippen LogP contribution in [0.5, 0.6) is 0 Å². The lowest BCUT2D eigenvalue weighted by molar-refractivity contribution is 0.0526. The highest BCUT2D eigenvalue weighted by atomic mass is 35.5. The molecule has 164 valence electrons. The molecule has 1 unspecified atom stereocenters. The molecule has 0 N–H and O–H groups in total. The molecule has 1 aliphatic heterocycles. The summed E-state index contributed by atoms with van der Waals surface area (Å²) >= 11 is 6.77. The lowest BCUT2D eigenvalue weighted by atomic mass is 9.86. The Morgan fingerprint density at radius 3 is 2.42 bits per heavy atom. The number of anilines is 1. The van der Waals surface area contributed by atoms with Crippen LogP contribution in [0.15, 0.2) is 60.2 Å². The van der Waals surface area contributed by atoms with Crippen molar-refractivity contribution in [1.82, 2.24) is 4.90 Å². The number of halogens is 1. The van der Waals surface area contributed by atoms with Crippen LogP contribution < -0.4 is 4.90 Å². The number of carbonyl (C=O) groups is 1.